The zero-order chi connectivity index (χ0) is 13.7. The van der Waals surface area contributed by atoms with Gasteiger partial charge in [-0.3, -0.25) is 20.2 Å². The molecule has 0 heterocycles. The fraction of sp³-hybridized carbons (Fsp3) is 0.500. The molecule has 0 spiro atoms. The summed E-state index contributed by atoms with van der Waals surface area (Å²) in [5.41, 5.74) is 0.861. The van der Waals surface area contributed by atoms with Crippen LogP contribution in [0.5, 0.6) is 0 Å². The summed E-state index contributed by atoms with van der Waals surface area (Å²) in [5, 5.41) is 21.8. The molecule has 0 saturated carbocycles. The molecule has 0 aromatic heterocycles. The molecule has 0 aliphatic rings. The Hall–Kier alpha value is -1.98. The van der Waals surface area contributed by atoms with Crippen LogP contribution < -0.4 is 0 Å². The molecule has 0 unspecified atom stereocenters. The number of nitrogens with zero attached hydrogens (tertiary/aromatic N) is 2. The van der Waals surface area contributed by atoms with Crippen LogP contribution in [0.15, 0.2) is 12.1 Å². The minimum atomic E-state index is -0.548. The molecular weight excluding hydrogens is 236 g/mol. The lowest BCUT2D eigenvalue weighted by Gasteiger charge is -2.06. The largest absolute Gasteiger partial charge is 0.279 e. The van der Waals surface area contributed by atoms with Crippen molar-refractivity contribution >= 4 is 11.4 Å². The van der Waals surface area contributed by atoms with Crippen molar-refractivity contribution in [2.45, 2.75) is 39.5 Å². The normalized spacial score (nSPS) is 10.3. The van der Waals surface area contributed by atoms with Gasteiger partial charge in [0.15, 0.2) is 0 Å². The second kappa shape index (κ2) is 6.09. The summed E-state index contributed by atoms with van der Waals surface area (Å²) in [4.78, 5) is 20.8. The molecule has 0 radical (unpaired) electrons. The lowest BCUT2D eigenvalue weighted by Crippen LogP contribution is -2.02. The van der Waals surface area contributed by atoms with E-state index in [0.29, 0.717) is 24.0 Å². The monoisotopic (exact) mass is 252 g/mol. The molecule has 0 fully saturated rings. The SMILES string of the molecule is CCCc1cc(CCC)c([N+](=O)[O-])cc1[N+](=O)[O-]. The van der Waals surface area contributed by atoms with Gasteiger partial charge in [0.05, 0.1) is 15.9 Å². The molecule has 0 aliphatic carbocycles. The van der Waals surface area contributed by atoms with Crippen molar-refractivity contribution in [1.29, 1.82) is 0 Å². The summed E-state index contributed by atoms with van der Waals surface area (Å²) >= 11 is 0. The summed E-state index contributed by atoms with van der Waals surface area (Å²) in [6, 6.07) is 2.71. The van der Waals surface area contributed by atoms with Gasteiger partial charge in [0.2, 0.25) is 0 Å². The Morgan fingerprint density at radius 3 is 1.56 bits per heavy atom. The summed E-state index contributed by atoms with van der Waals surface area (Å²) in [7, 11) is 0. The number of nitro benzene ring substituents is 2. The Kier molecular flexibility index (Phi) is 4.76. The van der Waals surface area contributed by atoms with Crippen LogP contribution in [-0.4, -0.2) is 9.85 Å². The van der Waals surface area contributed by atoms with Gasteiger partial charge in [0.25, 0.3) is 11.4 Å². The summed E-state index contributed by atoms with van der Waals surface area (Å²) in [6.45, 7) is 3.84. The molecule has 0 bridgehead atoms. The topological polar surface area (TPSA) is 86.3 Å². The van der Waals surface area contributed by atoms with E-state index in [1.807, 2.05) is 13.8 Å². The standard InChI is InChI=1S/C12H16N2O4/c1-3-5-9-7-10(6-4-2)12(14(17)18)8-11(9)13(15)16/h7-8H,3-6H2,1-2H3. The first-order valence-corrected chi connectivity index (χ1v) is 5.95. The van der Waals surface area contributed by atoms with Crippen molar-refractivity contribution in [2.24, 2.45) is 0 Å². The molecule has 6 heteroatoms. The highest BCUT2D eigenvalue weighted by Crippen LogP contribution is 2.30. The van der Waals surface area contributed by atoms with Gasteiger partial charge < -0.3 is 0 Å². The first kappa shape index (κ1) is 14.1. The molecule has 1 aromatic rings. The Labute approximate surface area is 105 Å². The first-order chi connectivity index (χ1) is 8.51. The maximum atomic E-state index is 10.9. The molecule has 0 N–H and O–H groups in total. The van der Waals surface area contributed by atoms with Gasteiger partial charge in [0, 0.05) is 11.1 Å². The molecule has 98 valence electrons. The maximum absolute atomic E-state index is 10.9. The third kappa shape index (κ3) is 3.03. The first-order valence-electron chi connectivity index (χ1n) is 5.95. The number of aryl methyl sites for hydroxylation is 2. The second-order valence-electron chi connectivity index (χ2n) is 4.12. The average Bonchev–Trinajstić information content (AvgIpc) is 2.29. The Morgan fingerprint density at radius 2 is 1.28 bits per heavy atom. The third-order valence-corrected chi connectivity index (χ3v) is 2.71. The van der Waals surface area contributed by atoms with Crippen LogP contribution in [0.3, 0.4) is 0 Å². The molecule has 6 nitrogen and oxygen atoms in total. The van der Waals surface area contributed by atoms with Crippen molar-refractivity contribution in [3.05, 3.63) is 43.5 Å². The predicted octanol–water partition coefficient (Wildman–Crippen LogP) is 3.41. The van der Waals surface area contributed by atoms with Gasteiger partial charge in [-0.05, 0) is 18.9 Å². The van der Waals surface area contributed by atoms with E-state index in [1.165, 1.54) is 0 Å². The van der Waals surface area contributed by atoms with Crippen molar-refractivity contribution in [2.75, 3.05) is 0 Å². The van der Waals surface area contributed by atoms with Crippen molar-refractivity contribution in [1.82, 2.24) is 0 Å². The zero-order valence-electron chi connectivity index (χ0n) is 10.5. The number of rotatable bonds is 6. The highest BCUT2D eigenvalue weighted by atomic mass is 16.6. The van der Waals surface area contributed by atoms with Crippen LogP contribution in [0.25, 0.3) is 0 Å². The van der Waals surface area contributed by atoms with Crippen LogP contribution in [0.2, 0.25) is 0 Å². The average molecular weight is 252 g/mol. The third-order valence-electron chi connectivity index (χ3n) is 2.71. The Morgan fingerprint density at radius 1 is 0.889 bits per heavy atom. The zero-order valence-corrected chi connectivity index (χ0v) is 10.5. The van der Waals surface area contributed by atoms with E-state index in [0.717, 1.165) is 18.9 Å². The van der Waals surface area contributed by atoms with Crippen LogP contribution in [0.4, 0.5) is 11.4 Å². The summed E-state index contributed by atoms with van der Waals surface area (Å²) in [6.07, 6.45) is 2.66. The number of nitro groups is 2. The molecule has 0 atom stereocenters. The van der Waals surface area contributed by atoms with Crippen LogP contribution in [-0.2, 0) is 12.8 Å². The van der Waals surface area contributed by atoms with Crippen LogP contribution in [0, 0.1) is 20.2 Å². The van der Waals surface area contributed by atoms with Crippen LogP contribution >= 0.6 is 0 Å². The molecule has 0 saturated heterocycles. The van der Waals surface area contributed by atoms with E-state index in [2.05, 4.69) is 0 Å². The van der Waals surface area contributed by atoms with E-state index < -0.39 is 9.85 Å². The smallest absolute Gasteiger partial charge is 0.258 e. The number of benzene rings is 1. The summed E-state index contributed by atoms with van der Waals surface area (Å²) in [5.74, 6) is 0. The molecule has 18 heavy (non-hydrogen) atoms. The van der Waals surface area contributed by atoms with Gasteiger partial charge in [-0.25, -0.2) is 0 Å². The predicted molar refractivity (Wildman–Crippen MR) is 67.7 cm³/mol. The highest BCUT2D eigenvalue weighted by Gasteiger charge is 2.23. The number of hydrogen-bond donors (Lipinski definition) is 0. The molecule has 1 rings (SSSR count). The Bertz CT molecular complexity index is 432. The molecule has 0 aliphatic heterocycles. The van der Waals surface area contributed by atoms with Crippen molar-refractivity contribution in [3.8, 4) is 0 Å². The quantitative estimate of drug-likeness (QED) is 0.573. The highest BCUT2D eigenvalue weighted by molar-refractivity contribution is 5.54. The van der Waals surface area contributed by atoms with E-state index in [9.17, 15) is 20.2 Å². The molecular formula is C12H16N2O4. The lowest BCUT2D eigenvalue weighted by atomic mass is 10.00. The second-order valence-corrected chi connectivity index (χ2v) is 4.12. The molecule has 0 amide bonds. The van der Waals surface area contributed by atoms with Crippen molar-refractivity contribution in [3.63, 3.8) is 0 Å². The van der Waals surface area contributed by atoms with Gasteiger partial charge in [-0.15, -0.1) is 0 Å². The van der Waals surface area contributed by atoms with Crippen molar-refractivity contribution < 1.29 is 9.85 Å². The van der Waals surface area contributed by atoms with Gasteiger partial charge >= 0.3 is 0 Å². The van der Waals surface area contributed by atoms with E-state index in [4.69, 9.17) is 0 Å². The minimum Gasteiger partial charge on any atom is -0.258 e. The summed E-state index contributed by atoms with van der Waals surface area (Å²) < 4.78 is 0. The fourth-order valence-corrected chi connectivity index (χ4v) is 1.95. The maximum Gasteiger partial charge on any atom is 0.279 e. The van der Waals surface area contributed by atoms with Gasteiger partial charge in [0.1, 0.15) is 0 Å². The lowest BCUT2D eigenvalue weighted by molar-refractivity contribution is -0.395. The molecule has 1 aromatic carbocycles. The van der Waals surface area contributed by atoms with Gasteiger partial charge in [-0.2, -0.15) is 0 Å². The van der Waals surface area contributed by atoms with E-state index in [-0.39, 0.29) is 11.4 Å². The van der Waals surface area contributed by atoms with Crippen LogP contribution in [0.1, 0.15) is 37.8 Å². The van der Waals surface area contributed by atoms with Gasteiger partial charge in [-0.1, -0.05) is 26.7 Å². The minimum absolute atomic E-state index is 0.150. The van der Waals surface area contributed by atoms with E-state index in [1.54, 1.807) is 6.07 Å². The van der Waals surface area contributed by atoms with E-state index >= 15 is 0 Å². The number of hydrogen-bond acceptors (Lipinski definition) is 4. The Balaban J connectivity index is 3.39. The fourth-order valence-electron chi connectivity index (χ4n) is 1.95.